The second-order valence-corrected chi connectivity index (χ2v) is 5.11. The zero-order valence-corrected chi connectivity index (χ0v) is 12.7. The molecule has 3 heteroatoms. The second kappa shape index (κ2) is 8.94. The highest BCUT2D eigenvalue weighted by atomic mass is 16.5. The Labute approximate surface area is 117 Å². The van der Waals surface area contributed by atoms with Gasteiger partial charge in [-0.3, -0.25) is 0 Å². The summed E-state index contributed by atoms with van der Waals surface area (Å²) in [7, 11) is 1.72. The van der Waals surface area contributed by atoms with Gasteiger partial charge in [-0.05, 0) is 18.9 Å². The van der Waals surface area contributed by atoms with E-state index in [1.807, 2.05) is 0 Å². The van der Waals surface area contributed by atoms with E-state index in [0.29, 0.717) is 5.92 Å². The van der Waals surface area contributed by atoms with Crippen LogP contribution in [0.1, 0.15) is 31.4 Å². The molecule has 1 atom stereocenters. The molecular formula is C16H27NO2. The average molecular weight is 265 g/mol. The Bertz CT molecular complexity index is 366. The Hall–Kier alpha value is -1.06. The fourth-order valence-electron chi connectivity index (χ4n) is 1.73. The predicted molar refractivity (Wildman–Crippen MR) is 79.7 cm³/mol. The quantitative estimate of drug-likeness (QED) is 0.696. The van der Waals surface area contributed by atoms with Crippen LogP contribution in [0, 0.1) is 12.8 Å². The van der Waals surface area contributed by atoms with Gasteiger partial charge in [-0.15, -0.1) is 0 Å². The van der Waals surface area contributed by atoms with Gasteiger partial charge in [0, 0.05) is 25.8 Å². The van der Waals surface area contributed by atoms with E-state index in [1.54, 1.807) is 7.11 Å². The van der Waals surface area contributed by atoms with E-state index < -0.39 is 0 Å². The molecule has 0 radical (unpaired) electrons. The Morgan fingerprint density at radius 3 is 2.79 bits per heavy atom. The van der Waals surface area contributed by atoms with E-state index >= 15 is 0 Å². The molecule has 19 heavy (non-hydrogen) atoms. The van der Waals surface area contributed by atoms with Crippen molar-refractivity contribution in [3.63, 3.8) is 0 Å². The standard InChI is InChI=1S/C16H27NO2/c1-5-13(2)12-19-16-7-6-14(3)10-15(16)11-17-8-9-18-4/h6-7,10,13,17H,5,8-9,11-12H2,1-4H3. The van der Waals surface area contributed by atoms with Crippen molar-refractivity contribution in [3.05, 3.63) is 29.3 Å². The molecule has 0 aliphatic heterocycles. The number of ether oxygens (including phenoxy) is 2. The first-order valence-corrected chi connectivity index (χ1v) is 7.09. The number of hydrogen-bond donors (Lipinski definition) is 1. The van der Waals surface area contributed by atoms with Crippen molar-refractivity contribution < 1.29 is 9.47 Å². The first kappa shape index (κ1) is 16.0. The maximum absolute atomic E-state index is 5.93. The van der Waals surface area contributed by atoms with Crippen LogP contribution in [0.5, 0.6) is 5.75 Å². The van der Waals surface area contributed by atoms with Gasteiger partial charge in [0.15, 0.2) is 0 Å². The lowest BCUT2D eigenvalue weighted by atomic mass is 10.1. The molecule has 0 heterocycles. The van der Waals surface area contributed by atoms with Crippen LogP contribution in [-0.2, 0) is 11.3 Å². The van der Waals surface area contributed by atoms with Crippen molar-refractivity contribution in [2.24, 2.45) is 5.92 Å². The van der Waals surface area contributed by atoms with E-state index in [9.17, 15) is 0 Å². The maximum Gasteiger partial charge on any atom is 0.123 e. The monoisotopic (exact) mass is 265 g/mol. The Balaban J connectivity index is 2.58. The first-order chi connectivity index (χ1) is 9.17. The third-order valence-electron chi connectivity index (χ3n) is 3.23. The first-order valence-electron chi connectivity index (χ1n) is 7.09. The van der Waals surface area contributed by atoms with Crippen LogP contribution in [0.4, 0.5) is 0 Å². The zero-order valence-electron chi connectivity index (χ0n) is 12.7. The van der Waals surface area contributed by atoms with Crippen LogP contribution in [0.3, 0.4) is 0 Å². The molecule has 1 aromatic carbocycles. The van der Waals surface area contributed by atoms with Crippen LogP contribution in [0.25, 0.3) is 0 Å². The lowest BCUT2D eigenvalue weighted by molar-refractivity contribution is 0.199. The number of hydrogen-bond acceptors (Lipinski definition) is 3. The molecule has 0 spiro atoms. The summed E-state index contributed by atoms with van der Waals surface area (Å²) in [5.74, 6) is 1.59. The van der Waals surface area contributed by atoms with Gasteiger partial charge in [0.05, 0.1) is 13.2 Å². The lowest BCUT2D eigenvalue weighted by Crippen LogP contribution is -2.19. The molecule has 3 nitrogen and oxygen atoms in total. The minimum absolute atomic E-state index is 0.593. The van der Waals surface area contributed by atoms with Gasteiger partial charge >= 0.3 is 0 Å². The van der Waals surface area contributed by atoms with E-state index in [1.165, 1.54) is 11.1 Å². The molecule has 0 aromatic heterocycles. The van der Waals surface area contributed by atoms with Gasteiger partial charge in [-0.25, -0.2) is 0 Å². The van der Waals surface area contributed by atoms with E-state index in [0.717, 1.165) is 38.5 Å². The Morgan fingerprint density at radius 2 is 2.11 bits per heavy atom. The van der Waals surface area contributed by atoms with Crippen molar-refractivity contribution in [1.29, 1.82) is 0 Å². The molecule has 0 fully saturated rings. The Morgan fingerprint density at radius 1 is 1.32 bits per heavy atom. The highest BCUT2D eigenvalue weighted by molar-refractivity contribution is 5.36. The minimum atomic E-state index is 0.593. The normalized spacial score (nSPS) is 12.4. The van der Waals surface area contributed by atoms with Gasteiger partial charge in [0.25, 0.3) is 0 Å². The maximum atomic E-state index is 5.93. The highest BCUT2D eigenvalue weighted by Crippen LogP contribution is 2.21. The Kier molecular flexibility index (Phi) is 7.53. The van der Waals surface area contributed by atoms with Gasteiger partial charge < -0.3 is 14.8 Å². The molecule has 1 unspecified atom stereocenters. The predicted octanol–water partition coefficient (Wildman–Crippen LogP) is 3.16. The van der Waals surface area contributed by atoms with Crippen LogP contribution in [-0.4, -0.2) is 26.9 Å². The van der Waals surface area contributed by atoms with Crippen molar-refractivity contribution in [2.75, 3.05) is 26.9 Å². The third kappa shape index (κ3) is 6.08. The third-order valence-corrected chi connectivity index (χ3v) is 3.23. The van der Waals surface area contributed by atoms with E-state index in [2.05, 4.69) is 44.3 Å². The molecule has 1 aromatic rings. The molecule has 1 N–H and O–H groups in total. The van der Waals surface area contributed by atoms with E-state index in [-0.39, 0.29) is 0 Å². The largest absolute Gasteiger partial charge is 0.493 e. The highest BCUT2D eigenvalue weighted by Gasteiger charge is 2.06. The van der Waals surface area contributed by atoms with Gasteiger partial charge in [-0.1, -0.05) is 38.0 Å². The summed E-state index contributed by atoms with van der Waals surface area (Å²) < 4.78 is 11.0. The SMILES string of the molecule is CCC(C)COc1ccc(C)cc1CNCCOC. The van der Waals surface area contributed by atoms with Gasteiger partial charge in [0.1, 0.15) is 5.75 Å². The molecular weight excluding hydrogens is 238 g/mol. The van der Waals surface area contributed by atoms with Crippen LogP contribution in [0.15, 0.2) is 18.2 Å². The van der Waals surface area contributed by atoms with Crippen molar-refractivity contribution in [2.45, 2.75) is 33.7 Å². The van der Waals surface area contributed by atoms with Gasteiger partial charge in [0.2, 0.25) is 0 Å². The van der Waals surface area contributed by atoms with Crippen LogP contribution >= 0.6 is 0 Å². The summed E-state index contributed by atoms with van der Waals surface area (Å²) in [6.45, 7) is 9.70. The molecule has 0 bridgehead atoms. The molecule has 0 amide bonds. The average Bonchev–Trinajstić information content (AvgIpc) is 2.42. The number of aryl methyl sites for hydroxylation is 1. The number of rotatable bonds is 9. The fraction of sp³-hybridized carbons (Fsp3) is 0.625. The zero-order chi connectivity index (χ0) is 14.1. The van der Waals surface area contributed by atoms with Crippen LogP contribution < -0.4 is 10.1 Å². The smallest absolute Gasteiger partial charge is 0.123 e. The van der Waals surface area contributed by atoms with Crippen molar-refractivity contribution >= 4 is 0 Å². The molecule has 0 aliphatic rings. The molecule has 1 rings (SSSR count). The lowest BCUT2D eigenvalue weighted by Gasteiger charge is -2.15. The molecule has 0 aliphatic carbocycles. The van der Waals surface area contributed by atoms with Crippen molar-refractivity contribution in [1.82, 2.24) is 5.32 Å². The summed E-state index contributed by atoms with van der Waals surface area (Å²) in [5, 5.41) is 3.37. The summed E-state index contributed by atoms with van der Waals surface area (Å²) in [4.78, 5) is 0. The van der Waals surface area contributed by atoms with Crippen molar-refractivity contribution in [3.8, 4) is 5.75 Å². The van der Waals surface area contributed by atoms with E-state index in [4.69, 9.17) is 9.47 Å². The number of benzene rings is 1. The summed E-state index contributed by atoms with van der Waals surface area (Å²) in [6.07, 6.45) is 1.15. The molecule has 0 saturated carbocycles. The second-order valence-electron chi connectivity index (χ2n) is 5.11. The topological polar surface area (TPSA) is 30.5 Å². The summed E-state index contributed by atoms with van der Waals surface area (Å²) >= 11 is 0. The number of nitrogens with one attached hydrogen (secondary N) is 1. The van der Waals surface area contributed by atoms with Crippen LogP contribution in [0.2, 0.25) is 0 Å². The van der Waals surface area contributed by atoms with Gasteiger partial charge in [-0.2, -0.15) is 0 Å². The summed E-state index contributed by atoms with van der Waals surface area (Å²) in [6, 6.07) is 6.36. The molecule has 108 valence electrons. The minimum Gasteiger partial charge on any atom is -0.493 e. The summed E-state index contributed by atoms with van der Waals surface area (Å²) in [5.41, 5.74) is 2.49. The fourth-order valence-corrected chi connectivity index (χ4v) is 1.73. The molecule has 0 saturated heterocycles. The number of methoxy groups -OCH3 is 1.